The molecule has 0 saturated carbocycles. The number of rotatable bonds is 14. The van der Waals surface area contributed by atoms with Crippen molar-refractivity contribution in [2.45, 2.75) is 97.3 Å². The first kappa shape index (κ1) is 21.5. The van der Waals surface area contributed by atoms with Crippen molar-refractivity contribution < 1.29 is 0 Å². The van der Waals surface area contributed by atoms with E-state index in [0.717, 1.165) is 42.0 Å². The zero-order valence-electron chi connectivity index (χ0n) is 17.3. The molecular formula is C23H36N4. The van der Waals surface area contributed by atoms with Gasteiger partial charge in [0, 0.05) is 44.0 Å². The summed E-state index contributed by atoms with van der Waals surface area (Å²) >= 11 is 0. The first-order valence-electron chi connectivity index (χ1n) is 10.9. The maximum absolute atomic E-state index is 4.52. The van der Waals surface area contributed by atoms with E-state index in [1.54, 1.807) is 0 Å². The van der Waals surface area contributed by atoms with Crippen LogP contribution >= 0.6 is 0 Å². The summed E-state index contributed by atoms with van der Waals surface area (Å²) in [7, 11) is 0. The molecule has 0 amide bonds. The van der Waals surface area contributed by atoms with E-state index in [9.17, 15) is 0 Å². The minimum Gasteiger partial charge on any atom is -0.241 e. The number of nitrogens with zero attached hydrogens (tertiary/aromatic N) is 4. The largest absolute Gasteiger partial charge is 0.241 e. The predicted molar refractivity (Wildman–Crippen MR) is 112 cm³/mol. The van der Waals surface area contributed by atoms with Crippen LogP contribution in [0.2, 0.25) is 0 Å². The van der Waals surface area contributed by atoms with Crippen LogP contribution in [0.25, 0.3) is 0 Å². The van der Waals surface area contributed by atoms with Crippen LogP contribution in [0, 0.1) is 0 Å². The molecule has 4 heteroatoms. The summed E-state index contributed by atoms with van der Waals surface area (Å²) in [6, 6.07) is 0. The van der Waals surface area contributed by atoms with Gasteiger partial charge in [-0.25, -0.2) is 19.9 Å². The minimum atomic E-state index is 0.799. The van der Waals surface area contributed by atoms with Crippen molar-refractivity contribution in [2.75, 3.05) is 0 Å². The van der Waals surface area contributed by atoms with E-state index in [0.29, 0.717) is 0 Å². The Morgan fingerprint density at radius 1 is 0.519 bits per heavy atom. The van der Waals surface area contributed by atoms with Gasteiger partial charge in [0.1, 0.15) is 11.6 Å². The van der Waals surface area contributed by atoms with Crippen LogP contribution in [0.5, 0.6) is 0 Å². The quantitative estimate of drug-likeness (QED) is 0.390. The van der Waals surface area contributed by atoms with Crippen LogP contribution in [0.4, 0.5) is 0 Å². The Labute approximate surface area is 165 Å². The molecule has 0 radical (unpaired) electrons. The molecule has 27 heavy (non-hydrogen) atoms. The Morgan fingerprint density at radius 2 is 0.889 bits per heavy atom. The number of hydrogen-bond donors (Lipinski definition) is 0. The Morgan fingerprint density at radius 3 is 1.26 bits per heavy atom. The molecule has 0 aliphatic carbocycles. The van der Waals surface area contributed by atoms with Gasteiger partial charge in [0.25, 0.3) is 0 Å². The highest BCUT2D eigenvalue weighted by atomic mass is 14.9. The van der Waals surface area contributed by atoms with E-state index in [2.05, 4.69) is 33.8 Å². The molecule has 0 aliphatic heterocycles. The van der Waals surface area contributed by atoms with E-state index < -0.39 is 0 Å². The highest BCUT2D eigenvalue weighted by Gasteiger charge is 2.03. The summed E-state index contributed by atoms with van der Waals surface area (Å²) in [4.78, 5) is 18.1. The summed E-state index contributed by atoms with van der Waals surface area (Å²) in [6.07, 6.45) is 23.4. The lowest BCUT2D eigenvalue weighted by Crippen LogP contribution is -2.00. The summed E-state index contributed by atoms with van der Waals surface area (Å²) in [5, 5.41) is 0. The molecule has 2 aromatic rings. The molecule has 0 saturated heterocycles. The van der Waals surface area contributed by atoms with Gasteiger partial charge < -0.3 is 0 Å². The fourth-order valence-corrected chi connectivity index (χ4v) is 3.21. The maximum Gasteiger partial charge on any atom is 0.128 e. The molecule has 2 heterocycles. The Bertz CT molecular complexity index is 552. The third-order valence-electron chi connectivity index (χ3n) is 4.93. The van der Waals surface area contributed by atoms with E-state index in [-0.39, 0.29) is 0 Å². The summed E-state index contributed by atoms with van der Waals surface area (Å²) in [5.74, 6) is 1.93. The van der Waals surface area contributed by atoms with Crippen LogP contribution in [0.1, 0.15) is 101 Å². The third kappa shape index (κ3) is 9.07. The third-order valence-corrected chi connectivity index (χ3v) is 4.93. The molecule has 2 aromatic heterocycles. The standard InChI is InChI=1S/C23H36N4/c1-3-5-7-9-11-13-22-24-16-20(17-25-22)15-21-18-26-23(27-19-21)14-12-10-8-6-4-2/h16-19H,3-15H2,1-2H3. The zero-order chi connectivity index (χ0) is 19.2. The molecular weight excluding hydrogens is 332 g/mol. The lowest BCUT2D eigenvalue weighted by molar-refractivity contribution is 0.621. The minimum absolute atomic E-state index is 0.799. The fraction of sp³-hybridized carbons (Fsp3) is 0.652. The van der Waals surface area contributed by atoms with Gasteiger partial charge in [-0.1, -0.05) is 65.2 Å². The van der Waals surface area contributed by atoms with Crippen molar-refractivity contribution >= 4 is 0 Å². The second-order valence-corrected chi connectivity index (χ2v) is 7.52. The van der Waals surface area contributed by atoms with Gasteiger partial charge in [-0.15, -0.1) is 0 Å². The van der Waals surface area contributed by atoms with Crippen LogP contribution in [-0.2, 0) is 19.3 Å². The zero-order valence-corrected chi connectivity index (χ0v) is 17.3. The highest BCUT2D eigenvalue weighted by Crippen LogP contribution is 2.10. The van der Waals surface area contributed by atoms with Gasteiger partial charge in [0.2, 0.25) is 0 Å². The molecule has 0 aliphatic rings. The molecule has 0 unspecified atom stereocenters. The molecule has 0 bridgehead atoms. The first-order valence-corrected chi connectivity index (χ1v) is 10.9. The SMILES string of the molecule is CCCCCCCc1ncc(Cc2cnc(CCCCCCC)nc2)cn1. The van der Waals surface area contributed by atoms with Gasteiger partial charge >= 0.3 is 0 Å². The summed E-state index contributed by atoms with van der Waals surface area (Å²) < 4.78 is 0. The summed E-state index contributed by atoms with van der Waals surface area (Å²) in [5.41, 5.74) is 2.25. The lowest BCUT2D eigenvalue weighted by Gasteiger charge is -2.05. The van der Waals surface area contributed by atoms with Crippen molar-refractivity contribution in [1.82, 2.24) is 19.9 Å². The maximum atomic E-state index is 4.52. The molecule has 4 nitrogen and oxygen atoms in total. The second-order valence-electron chi connectivity index (χ2n) is 7.52. The van der Waals surface area contributed by atoms with Gasteiger partial charge in [-0.3, -0.25) is 0 Å². The van der Waals surface area contributed by atoms with Crippen molar-refractivity contribution in [1.29, 1.82) is 0 Å². The summed E-state index contributed by atoms with van der Waals surface area (Å²) in [6.45, 7) is 4.49. The van der Waals surface area contributed by atoms with E-state index in [1.165, 1.54) is 64.2 Å². The van der Waals surface area contributed by atoms with Crippen LogP contribution < -0.4 is 0 Å². The Balaban J connectivity index is 1.71. The van der Waals surface area contributed by atoms with Gasteiger partial charge in [-0.2, -0.15) is 0 Å². The topological polar surface area (TPSA) is 51.6 Å². The van der Waals surface area contributed by atoms with Gasteiger partial charge in [-0.05, 0) is 24.0 Å². The molecule has 0 atom stereocenters. The lowest BCUT2D eigenvalue weighted by atomic mass is 10.1. The van der Waals surface area contributed by atoms with Gasteiger partial charge in [0.15, 0.2) is 0 Å². The van der Waals surface area contributed by atoms with E-state index in [4.69, 9.17) is 0 Å². The van der Waals surface area contributed by atoms with Crippen molar-refractivity contribution in [3.8, 4) is 0 Å². The number of aryl methyl sites for hydroxylation is 2. The van der Waals surface area contributed by atoms with Gasteiger partial charge in [0.05, 0.1) is 0 Å². The van der Waals surface area contributed by atoms with Crippen LogP contribution in [0.15, 0.2) is 24.8 Å². The first-order chi connectivity index (χ1) is 13.3. The average Bonchev–Trinajstić information content (AvgIpc) is 2.70. The molecule has 0 spiro atoms. The van der Waals surface area contributed by atoms with Crippen molar-refractivity contribution in [3.05, 3.63) is 47.6 Å². The fourth-order valence-electron chi connectivity index (χ4n) is 3.21. The molecule has 2 rings (SSSR count). The molecule has 0 aromatic carbocycles. The molecule has 148 valence electrons. The Kier molecular flexibility index (Phi) is 10.6. The van der Waals surface area contributed by atoms with Crippen LogP contribution in [-0.4, -0.2) is 19.9 Å². The monoisotopic (exact) mass is 368 g/mol. The van der Waals surface area contributed by atoms with Crippen LogP contribution in [0.3, 0.4) is 0 Å². The highest BCUT2D eigenvalue weighted by molar-refractivity contribution is 5.18. The normalized spacial score (nSPS) is 11.0. The number of aromatic nitrogens is 4. The smallest absolute Gasteiger partial charge is 0.128 e. The number of hydrogen-bond acceptors (Lipinski definition) is 4. The predicted octanol–water partition coefficient (Wildman–Crippen LogP) is 5.88. The van der Waals surface area contributed by atoms with Crippen molar-refractivity contribution in [2.24, 2.45) is 0 Å². The van der Waals surface area contributed by atoms with Crippen molar-refractivity contribution in [3.63, 3.8) is 0 Å². The Hall–Kier alpha value is -1.84. The van der Waals surface area contributed by atoms with E-state index in [1.807, 2.05) is 24.8 Å². The number of unbranched alkanes of at least 4 members (excludes halogenated alkanes) is 8. The molecule has 0 N–H and O–H groups in total. The van der Waals surface area contributed by atoms with E-state index >= 15 is 0 Å². The second kappa shape index (κ2) is 13.3. The average molecular weight is 369 g/mol. The molecule has 0 fully saturated rings.